The summed E-state index contributed by atoms with van der Waals surface area (Å²) >= 11 is 6.07. The highest BCUT2D eigenvalue weighted by atomic mass is 35.5. The molecule has 2 rings (SSSR count). The zero-order valence-electron chi connectivity index (χ0n) is 11.8. The largest absolute Gasteiger partial charge is 0.493 e. The van der Waals surface area contributed by atoms with Crippen LogP contribution in [0.3, 0.4) is 0 Å². The lowest BCUT2D eigenvalue weighted by atomic mass is 10.1. The third kappa shape index (κ3) is 2.90. The van der Waals surface area contributed by atoms with Crippen molar-refractivity contribution in [1.29, 1.82) is 0 Å². The van der Waals surface area contributed by atoms with Crippen LogP contribution in [0.4, 0.5) is 0 Å². The number of rotatable bonds is 4. The molecule has 0 bridgehead atoms. The summed E-state index contributed by atoms with van der Waals surface area (Å²) in [6, 6.07) is 2.18. The van der Waals surface area contributed by atoms with Crippen LogP contribution in [-0.4, -0.2) is 48.7 Å². The quantitative estimate of drug-likeness (QED) is 0.920. The Bertz CT molecular complexity index is 575. The molecule has 1 atom stereocenters. The second kappa shape index (κ2) is 6.22. The van der Waals surface area contributed by atoms with Gasteiger partial charge in [0.1, 0.15) is 6.04 Å². The fourth-order valence-electron chi connectivity index (χ4n) is 2.47. The topological polar surface area (TPSA) is 76.1 Å². The number of aliphatic carboxylic acids is 1. The van der Waals surface area contributed by atoms with Gasteiger partial charge in [-0.15, -0.1) is 0 Å². The van der Waals surface area contributed by atoms with Crippen molar-refractivity contribution in [2.75, 3.05) is 20.8 Å². The molecule has 0 aliphatic carbocycles. The van der Waals surface area contributed by atoms with Crippen LogP contribution in [0.5, 0.6) is 11.5 Å². The third-order valence-corrected chi connectivity index (χ3v) is 3.76. The molecule has 6 nitrogen and oxygen atoms in total. The number of methoxy groups -OCH3 is 2. The van der Waals surface area contributed by atoms with E-state index in [1.54, 1.807) is 0 Å². The van der Waals surface area contributed by atoms with Crippen LogP contribution in [-0.2, 0) is 4.79 Å². The van der Waals surface area contributed by atoms with E-state index < -0.39 is 12.0 Å². The van der Waals surface area contributed by atoms with Gasteiger partial charge in [0.2, 0.25) is 0 Å². The van der Waals surface area contributed by atoms with Crippen LogP contribution in [0, 0.1) is 0 Å². The number of carbonyl (C=O) groups is 2. The lowest BCUT2D eigenvalue weighted by Gasteiger charge is -2.22. The fraction of sp³-hybridized carbons (Fsp3) is 0.429. The van der Waals surface area contributed by atoms with E-state index in [-0.39, 0.29) is 16.5 Å². The number of amides is 1. The standard InChI is InChI=1S/C14H16ClNO5/c1-20-11-7-8(6-9(15)12(11)21-2)13(17)16-5-3-4-10(16)14(18)19/h6-7,10H,3-5H2,1-2H3,(H,18,19)/t10-/m0/s1. The van der Waals surface area contributed by atoms with Gasteiger partial charge in [0.25, 0.3) is 5.91 Å². The average molecular weight is 314 g/mol. The number of halogens is 1. The predicted octanol–water partition coefficient (Wildman–Crippen LogP) is 2.05. The Hall–Kier alpha value is -1.95. The first kappa shape index (κ1) is 15.4. The summed E-state index contributed by atoms with van der Waals surface area (Å²) in [6.07, 6.45) is 1.13. The number of benzene rings is 1. The molecule has 1 fully saturated rings. The summed E-state index contributed by atoms with van der Waals surface area (Å²) in [7, 11) is 2.89. The highest BCUT2D eigenvalue weighted by Crippen LogP contribution is 2.36. The molecule has 1 heterocycles. The monoisotopic (exact) mass is 313 g/mol. The molecular formula is C14H16ClNO5. The SMILES string of the molecule is COc1cc(C(=O)N2CCC[C@H]2C(=O)O)cc(Cl)c1OC. The van der Waals surface area contributed by atoms with Gasteiger partial charge in [-0.1, -0.05) is 11.6 Å². The highest BCUT2D eigenvalue weighted by Gasteiger charge is 2.34. The number of likely N-dealkylation sites (tertiary alicyclic amines) is 1. The minimum absolute atomic E-state index is 0.242. The van der Waals surface area contributed by atoms with Crippen molar-refractivity contribution in [2.45, 2.75) is 18.9 Å². The van der Waals surface area contributed by atoms with Gasteiger partial charge < -0.3 is 19.5 Å². The molecule has 1 N–H and O–H groups in total. The summed E-state index contributed by atoms with van der Waals surface area (Å²) in [4.78, 5) is 25.0. The van der Waals surface area contributed by atoms with Crippen LogP contribution in [0.25, 0.3) is 0 Å². The van der Waals surface area contributed by atoms with E-state index in [1.165, 1.54) is 31.3 Å². The fourth-order valence-corrected chi connectivity index (χ4v) is 2.76. The first-order chi connectivity index (χ1) is 9.99. The molecule has 0 radical (unpaired) electrons. The minimum Gasteiger partial charge on any atom is -0.493 e. The number of nitrogens with zero attached hydrogens (tertiary/aromatic N) is 1. The maximum Gasteiger partial charge on any atom is 0.326 e. The molecule has 1 aliphatic rings. The van der Waals surface area contributed by atoms with E-state index in [0.29, 0.717) is 30.9 Å². The van der Waals surface area contributed by atoms with Gasteiger partial charge in [0, 0.05) is 12.1 Å². The van der Waals surface area contributed by atoms with Crippen LogP contribution < -0.4 is 9.47 Å². The van der Waals surface area contributed by atoms with Crippen LogP contribution >= 0.6 is 11.6 Å². The van der Waals surface area contributed by atoms with Crippen molar-refractivity contribution in [3.8, 4) is 11.5 Å². The van der Waals surface area contributed by atoms with Crippen molar-refractivity contribution in [1.82, 2.24) is 4.90 Å². The number of carboxylic acids is 1. The summed E-state index contributed by atoms with van der Waals surface area (Å²) in [5.74, 6) is -0.693. The Morgan fingerprint density at radius 2 is 2.05 bits per heavy atom. The number of carboxylic acid groups (broad SMARTS) is 1. The van der Waals surface area contributed by atoms with Gasteiger partial charge in [-0.3, -0.25) is 4.79 Å². The van der Waals surface area contributed by atoms with E-state index in [1.807, 2.05) is 0 Å². The maximum atomic E-state index is 12.5. The van der Waals surface area contributed by atoms with E-state index in [2.05, 4.69) is 0 Å². The van der Waals surface area contributed by atoms with Gasteiger partial charge in [-0.05, 0) is 25.0 Å². The predicted molar refractivity (Wildman–Crippen MR) is 76.3 cm³/mol. The molecule has 21 heavy (non-hydrogen) atoms. The molecule has 1 aliphatic heterocycles. The van der Waals surface area contributed by atoms with Crippen LogP contribution in [0.2, 0.25) is 5.02 Å². The van der Waals surface area contributed by atoms with Crippen molar-refractivity contribution < 1.29 is 24.2 Å². The number of hydrogen-bond acceptors (Lipinski definition) is 4. The summed E-state index contributed by atoms with van der Waals surface area (Å²) in [6.45, 7) is 0.418. The zero-order chi connectivity index (χ0) is 15.6. The summed E-state index contributed by atoms with van der Waals surface area (Å²) in [5.41, 5.74) is 0.283. The lowest BCUT2D eigenvalue weighted by molar-refractivity contribution is -0.141. The Morgan fingerprint density at radius 3 is 2.62 bits per heavy atom. The van der Waals surface area contributed by atoms with Crippen LogP contribution in [0.1, 0.15) is 23.2 Å². The number of carbonyl (C=O) groups excluding carboxylic acids is 1. The second-order valence-electron chi connectivity index (χ2n) is 4.69. The lowest BCUT2D eigenvalue weighted by Crippen LogP contribution is -2.40. The van der Waals surface area contributed by atoms with Gasteiger partial charge in [0.15, 0.2) is 11.5 Å². The number of hydrogen-bond donors (Lipinski definition) is 1. The van der Waals surface area contributed by atoms with Gasteiger partial charge >= 0.3 is 5.97 Å². The summed E-state index contributed by atoms with van der Waals surface area (Å²) in [5, 5.41) is 9.39. The van der Waals surface area contributed by atoms with E-state index in [9.17, 15) is 9.59 Å². The Labute approximate surface area is 127 Å². The highest BCUT2D eigenvalue weighted by molar-refractivity contribution is 6.32. The first-order valence-electron chi connectivity index (χ1n) is 6.45. The van der Waals surface area contributed by atoms with Gasteiger partial charge in [-0.2, -0.15) is 0 Å². The number of ether oxygens (including phenoxy) is 2. The first-order valence-corrected chi connectivity index (χ1v) is 6.82. The van der Waals surface area contributed by atoms with Crippen molar-refractivity contribution in [3.05, 3.63) is 22.7 Å². The molecule has 0 spiro atoms. The molecule has 1 saturated heterocycles. The summed E-state index contributed by atoms with van der Waals surface area (Å²) < 4.78 is 10.3. The minimum atomic E-state index is -0.993. The second-order valence-corrected chi connectivity index (χ2v) is 5.10. The van der Waals surface area contributed by atoms with Crippen molar-refractivity contribution >= 4 is 23.5 Å². The molecule has 7 heteroatoms. The zero-order valence-corrected chi connectivity index (χ0v) is 12.5. The Morgan fingerprint density at radius 1 is 1.33 bits per heavy atom. The maximum absolute atomic E-state index is 12.5. The normalized spacial score (nSPS) is 17.7. The molecule has 0 saturated carbocycles. The van der Waals surface area contributed by atoms with Crippen LogP contribution in [0.15, 0.2) is 12.1 Å². The van der Waals surface area contributed by atoms with Crippen molar-refractivity contribution in [3.63, 3.8) is 0 Å². The van der Waals surface area contributed by atoms with E-state index >= 15 is 0 Å². The molecule has 0 unspecified atom stereocenters. The smallest absolute Gasteiger partial charge is 0.326 e. The van der Waals surface area contributed by atoms with E-state index in [4.69, 9.17) is 26.2 Å². The Kier molecular flexibility index (Phi) is 4.57. The molecule has 1 aromatic carbocycles. The average Bonchev–Trinajstić information content (AvgIpc) is 2.95. The molecule has 0 aromatic heterocycles. The molecule has 114 valence electrons. The molecule has 1 amide bonds. The van der Waals surface area contributed by atoms with E-state index in [0.717, 1.165) is 0 Å². The molecule has 1 aromatic rings. The van der Waals surface area contributed by atoms with Crippen molar-refractivity contribution in [2.24, 2.45) is 0 Å². The van der Waals surface area contributed by atoms with Gasteiger partial charge in [0.05, 0.1) is 19.2 Å². The van der Waals surface area contributed by atoms with Gasteiger partial charge in [-0.25, -0.2) is 4.79 Å². The molecular weight excluding hydrogens is 298 g/mol. The Balaban J connectivity index is 2.35. The third-order valence-electron chi connectivity index (χ3n) is 3.48.